The number of aromatic nitrogens is 1. The maximum Gasteiger partial charge on any atom is 0.410 e. The molecule has 0 aromatic carbocycles. The number of ether oxygens (including phenoxy) is 1. The van der Waals surface area contributed by atoms with Gasteiger partial charge >= 0.3 is 6.09 Å². The van der Waals surface area contributed by atoms with Crippen LogP contribution in [0.1, 0.15) is 54.2 Å². The Morgan fingerprint density at radius 1 is 1.45 bits per heavy atom. The summed E-state index contributed by atoms with van der Waals surface area (Å²) >= 11 is 1.45. The third kappa shape index (κ3) is 3.79. The summed E-state index contributed by atoms with van der Waals surface area (Å²) in [5.74, 6) is 0.340. The lowest BCUT2D eigenvalue weighted by molar-refractivity contribution is 0.0204. The summed E-state index contributed by atoms with van der Waals surface area (Å²) in [5.41, 5.74) is -0.456. The van der Waals surface area contributed by atoms with Crippen molar-refractivity contribution in [1.82, 2.24) is 9.88 Å². The van der Waals surface area contributed by atoms with Gasteiger partial charge in [0.2, 0.25) is 0 Å². The Bertz CT molecular complexity index is 485. The first-order chi connectivity index (χ1) is 9.39. The van der Waals surface area contributed by atoms with E-state index >= 15 is 0 Å². The summed E-state index contributed by atoms with van der Waals surface area (Å²) in [6.45, 7) is 6.96. The molecule has 0 unspecified atom stereocenters. The van der Waals surface area contributed by atoms with Gasteiger partial charge in [0.25, 0.3) is 0 Å². The zero-order valence-electron chi connectivity index (χ0n) is 12.1. The minimum absolute atomic E-state index is 0.247. The first-order valence-electron chi connectivity index (χ1n) is 6.78. The summed E-state index contributed by atoms with van der Waals surface area (Å²) in [6.07, 6.45) is 3.93. The van der Waals surface area contributed by atoms with Crippen molar-refractivity contribution in [1.29, 1.82) is 0 Å². The molecule has 110 valence electrons. The first-order valence-corrected chi connectivity index (χ1v) is 7.59. The molecule has 20 heavy (non-hydrogen) atoms. The quantitative estimate of drug-likeness (QED) is 0.787. The number of nitrogens with zero attached hydrogens (tertiary/aromatic N) is 2. The lowest BCUT2D eigenvalue weighted by Crippen LogP contribution is -2.41. The summed E-state index contributed by atoms with van der Waals surface area (Å²) in [7, 11) is 0. The number of rotatable bonds is 2. The number of amides is 1. The fraction of sp³-hybridized carbons (Fsp3) is 0.643. The average molecular weight is 296 g/mol. The monoisotopic (exact) mass is 296 g/mol. The van der Waals surface area contributed by atoms with Crippen LogP contribution in [-0.2, 0) is 4.74 Å². The van der Waals surface area contributed by atoms with Gasteiger partial charge in [-0.15, -0.1) is 11.3 Å². The highest BCUT2D eigenvalue weighted by molar-refractivity contribution is 7.13. The molecule has 1 aliphatic heterocycles. The van der Waals surface area contributed by atoms with Crippen LogP contribution in [0.2, 0.25) is 0 Å². The Morgan fingerprint density at radius 2 is 2.10 bits per heavy atom. The van der Waals surface area contributed by atoms with Gasteiger partial charge < -0.3 is 9.64 Å². The summed E-state index contributed by atoms with van der Waals surface area (Å²) in [4.78, 5) is 29.3. The molecule has 5 nitrogen and oxygen atoms in total. The van der Waals surface area contributed by atoms with E-state index in [9.17, 15) is 9.59 Å². The normalized spacial score (nSPS) is 17.1. The Kier molecular flexibility index (Phi) is 4.42. The minimum Gasteiger partial charge on any atom is -0.444 e. The molecule has 6 heteroatoms. The molecule has 0 aliphatic carbocycles. The smallest absolute Gasteiger partial charge is 0.410 e. The largest absolute Gasteiger partial charge is 0.444 e. The second kappa shape index (κ2) is 5.91. The molecule has 0 saturated carbocycles. The number of aldehydes is 1. The molecule has 1 saturated heterocycles. The maximum absolute atomic E-state index is 12.0. The van der Waals surface area contributed by atoms with Gasteiger partial charge in [-0.1, -0.05) is 0 Å². The Morgan fingerprint density at radius 3 is 2.60 bits per heavy atom. The van der Waals surface area contributed by atoms with E-state index in [0.29, 0.717) is 23.9 Å². The van der Waals surface area contributed by atoms with Crippen molar-refractivity contribution in [3.8, 4) is 0 Å². The number of hydrogen-bond donors (Lipinski definition) is 0. The van der Waals surface area contributed by atoms with Crippen LogP contribution in [0.3, 0.4) is 0 Å². The third-order valence-electron chi connectivity index (χ3n) is 3.15. The molecule has 0 N–H and O–H groups in total. The van der Waals surface area contributed by atoms with Gasteiger partial charge in [0, 0.05) is 25.2 Å². The SMILES string of the molecule is CC(C)(C)OC(=O)N1CCC(c2ncc(C=O)s2)CC1. The van der Waals surface area contributed by atoms with E-state index in [1.54, 1.807) is 11.1 Å². The average Bonchev–Trinajstić information content (AvgIpc) is 2.85. The number of hydrogen-bond acceptors (Lipinski definition) is 5. The van der Waals surface area contributed by atoms with Crippen LogP contribution in [0, 0.1) is 0 Å². The van der Waals surface area contributed by atoms with Crippen molar-refractivity contribution in [3.63, 3.8) is 0 Å². The van der Waals surface area contributed by atoms with Crippen molar-refractivity contribution >= 4 is 23.7 Å². The molecular formula is C14H20N2O3S. The first kappa shape index (κ1) is 15.0. The molecule has 1 aliphatic rings. The summed E-state index contributed by atoms with van der Waals surface area (Å²) < 4.78 is 5.37. The number of carbonyl (C=O) groups is 2. The van der Waals surface area contributed by atoms with Crippen LogP contribution in [0.4, 0.5) is 4.79 Å². The second-order valence-electron chi connectivity index (χ2n) is 5.96. The van der Waals surface area contributed by atoms with E-state index in [0.717, 1.165) is 24.1 Å². The van der Waals surface area contributed by atoms with Crippen LogP contribution in [-0.4, -0.2) is 41.0 Å². The predicted molar refractivity (Wildman–Crippen MR) is 77.3 cm³/mol. The zero-order valence-corrected chi connectivity index (χ0v) is 12.9. The van der Waals surface area contributed by atoms with E-state index in [2.05, 4.69) is 4.98 Å². The van der Waals surface area contributed by atoms with Gasteiger partial charge in [0.1, 0.15) is 5.60 Å². The molecular weight excluding hydrogens is 276 g/mol. The molecule has 0 radical (unpaired) electrons. The molecule has 1 aromatic heterocycles. The highest BCUT2D eigenvalue weighted by Gasteiger charge is 2.28. The Balaban J connectivity index is 1.89. The van der Waals surface area contributed by atoms with Gasteiger partial charge in [0.15, 0.2) is 6.29 Å². The summed E-state index contributed by atoms with van der Waals surface area (Å²) in [6, 6.07) is 0. The molecule has 1 amide bonds. The number of carbonyl (C=O) groups excluding carboxylic acids is 2. The molecule has 1 fully saturated rings. The highest BCUT2D eigenvalue weighted by Crippen LogP contribution is 2.31. The fourth-order valence-electron chi connectivity index (χ4n) is 2.18. The number of piperidine rings is 1. The lowest BCUT2D eigenvalue weighted by atomic mass is 9.98. The summed E-state index contributed by atoms with van der Waals surface area (Å²) in [5, 5.41) is 0.996. The van der Waals surface area contributed by atoms with Crippen molar-refractivity contribution < 1.29 is 14.3 Å². The van der Waals surface area contributed by atoms with Crippen LogP contribution >= 0.6 is 11.3 Å². The van der Waals surface area contributed by atoms with Gasteiger partial charge in [-0.05, 0) is 33.6 Å². The second-order valence-corrected chi connectivity index (χ2v) is 7.05. The zero-order chi connectivity index (χ0) is 14.8. The van der Waals surface area contributed by atoms with Crippen molar-refractivity contribution in [2.24, 2.45) is 0 Å². The topological polar surface area (TPSA) is 59.5 Å². The van der Waals surface area contributed by atoms with Gasteiger partial charge in [-0.25, -0.2) is 9.78 Å². The van der Waals surface area contributed by atoms with E-state index in [1.807, 2.05) is 20.8 Å². The van der Waals surface area contributed by atoms with Gasteiger partial charge in [-0.2, -0.15) is 0 Å². The van der Waals surface area contributed by atoms with E-state index in [-0.39, 0.29) is 6.09 Å². The van der Waals surface area contributed by atoms with Crippen LogP contribution in [0.5, 0.6) is 0 Å². The predicted octanol–water partition coefficient (Wildman–Crippen LogP) is 3.07. The van der Waals surface area contributed by atoms with Crippen LogP contribution in [0.15, 0.2) is 6.20 Å². The Hall–Kier alpha value is -1.43. The number of thiazole rings is 1. The van der Waals surface area contributed by atoms with E-state index in [4.69, 9.17) is 4.74 Å². The van der Waals surface area contributed by atoms with Gasteiger partial charge in [0.05, 0.1) is 9.88 Å². The van der Waals surface area contributed by atoms with Crippen LogP contribution < -0.4 is 0 Å². The van der Waals surface area contributed by atoms with Crippen molar-refractivity contribution in [2.45, 2.75) is 45.1 Å². The standard InChI is InChI=1S/C14H20N2O3S/c1-14(2,3)19-13(18)16-6-4-10(5-7-16)12-15-8-11(9-17)20-12/h8-10H,4-7H2,1-3H3. The number of likely N-dealkylation sites (tertiary alicyclic amines) is 1. The lowest BCUT2D eigenvalue weighted by Gasteiger charge is -2.32. The maximum atomic E-state index is 12.0. The van der Waals surface area contributed by atoms with Gasteiger partial charge in [-0.3, -0.25) is 4.79 Å². The Labute approximate surface area is 122 Å². The highest BCUT2D eigenvalue weighted by atomic mass is 32.1. The molecule has 1 aromatic rings. The van der Waals surface area contributed by atoms with Crippen molar-refractivity contribution in [2.75, 3.05) is 13.1 Å². The molecule has 2 heterocycles. The van der Waals surface area contributed by atoms with Crippen LogP contribution in [0.25, 0.3) is 0 Å². The third-order valence-corrected chi connectivity index (χ3v) is 4.24. The molecule has 0 atom stereocenters. The molecule has 0 bridgehead atoms. The van der Waals surface area contributed by atoms with E-state index < -0.39 is 5.60 Å². The fourth-order valence-corrected chi connectivity index (χ4v) is 3.08. The van der Waals surface area contributed by atoms with Crippen molar-refractivity contribution in [3.05, 3.63) is 16.1 Å². The van der Waals surface area contributed by atoms with E-state index in [1.165, 1.54) is 11.3 Å². The minimum atomic E-state index is -0.456. The molecule has 2 rings (SSSR count). The molecule has 0 spiro atoms.